The van der Waals surface area contributed by atoms with Crippen molar-refractivity contribution >= 4 is 5.97 Å². The molecule has 4 heteroatoms. The second-order valence-electron chi connectivity index (χ2n) is 3.10. The Morgan fingerprint density at radius 2 is 1.93 bits per heavy atom. The first kappa shape index (κ1) is 10.7. The highest BCUT2D eigenvalue weighted by molar-refractivity contribution is 5.70. The molecule has 0 aromatic heterocycles. The van der Waals surface area contributed by atoms with Gasteiger partial charge in [-0.2, -0.15) is 0 Å². The van der Waals surface area contributed by atoms with Crippen LogP contribution in [0.15, 0.2) is 24.3 Å². The Labute approximate surface area is 82.0 Å². The molecule has 14 heavy (non-hydrogen) atoms. The minimum Gasteiger partial charge on any atom is -0.481 e. The molecule has 0 spiro atoms. The second kappa shape index (κ2) is 4.74. The molecule has 0 amide bonds. The summed E-state index contributed by atoms with van der Waals surface area (Å²) in [7, 11) is 0. The molecule has 1 aromatic carbocycles. The third-order valence-electron chi connectivity index (χ3n) is 1.96. The van der Waals surface area contributed by atoms with Gasteiger partial charge in [-0.15, -0.1) is 0 Å². The highest BCUT2D eigenvalue weighted by Gasteiger charge is 2.04. The summed E-state index contributed by atoms with van der Waals surface area (Å²) in [5.41, 5.74) is 7.11. The van der Waals surface area contributed by atoms with Gasteiger partial charge in [0.25, 0.3) is 0 Å². The SMILES string of the molecule is N[C@@H](CO)c1ccc(CC(=O)O)cc1. The predicted octanol–water partition coefficient (Wildman–Crippen LogP) is 0.306. The fourth-order valence-corrected chi connectivity index (χ4v) is 1.16. The van der Waals surface area contributed by atoms with Gasteiger partial charge in [-0.1, -0.05) is 24.3 Å². The maximum atomic E-state index is 10.4. The average molecular weight is 195 g/mol. The highest BCUT2D eigenvalue weighted by Crippen LogP contribution is 2.11. The van der Waals surface area contributed by atoms with Crippen molar-refractivity contribution in [2.24, 2.45) is 5.73 Å². The van der Waals surface area contributed by atoms with Crippen molar-refractivity contribution in [1.82, 2.24) is 0 Å². The van der Waals surface area contributed by atoms with Gasteiger partial charge in [-0.25, -0.2) is 0 Å². The van der Waals surface area contributed by atoms with Crippen LogP contribution in [0.4, 0.5) is 0 Å². The van der Waals surface area contributed by atoms with Crippen LogP contribution in [-0.2, 0) is 11.2 Å². The first-order valence-corrected chi connectivity index (χ1v) is 4.30. The standard InChI is InChI=1S/C10H13NO3/c11-9(6-12)8-3-1-7(2-4-8)5-10(13)14/h1-4,9,12H,5-6,11H2,(H,13,14)/t9-/m0/s1. The molecule has 0 aliphatic rings. The number of aliphatic carboxylic acids is 1. The molecule has 4 N–H and O–H groups in total. The van der Waals surface area contributed by atoms with Crippen LogP contribution in [0.5, 0.6) is 0 Å². The lowest BCUT2D eigenvalue weighted by Gasteiger charge is -2.08. The summed E-state index contributed by atoms with van der Waals surface area (Å²) >= 11 is 0. The smallest absolute Gasteiger partial charge is 0.307 e. The van der Waals surface area contributed by atoms with Gasteiger partial charge in [0.2, 0.25) is 0 Å². The van der Waals surface area contributed by atoms with E-state index in [1.165, 1.54) is 0 Å². The summed E-state index contributed by atoms with van der Waals surface area (Å²) in [6, 6.07) is 6.49. The van der Waals surface area contributed by atoms with E-state index in [1.807, 2.05) is 0 Å². The van der Waals surface area contributed by atoms with Crippen LogP contribution in [0, 0.1) is 0 Å². The van der Waals surface area contributed by atoms with E-state index in [1.54, 1.807) is 24.3 Å². The Morgan fingerprint density at radius 1 is 1.36 bits per heavy atom. The number of aliphatic hydroxyl groups is 1. The number of aliphatic hydroxyl groups excluding tert-OH is 1. The third-order valence-corrected chi connectivity index (χ3v) is 1.96. The molecule has 0 saturated carbocycles. The molecule has 0 saturated heterocycles. The molecule has 0 aliphatic heterocycles. The molecule has 0 unspecified atom stereocenters. The fourth-order valence-electron chi connectivity index (χ4n) is 1.16. The number of nitrogens with two attached hydrogens (primary N) is 1. The molecule has 0 fully saturated rings. The van der Waals surface area contributed by atoms with Crippen molar-refractivity contribution in [2.75, 3.05) is 6.61 Å². The van der Waals surface area contributed by atoms with Crippen molar-refractivity contribution in [2.45, 2.75) is 12.5 Å². The summed E-state index contributed by atoms with van der Waals surface area (Å²) in [6.07, 6.45) is 0.00857. The van der Waals surface area contributed by atoms with Gasteiger partial charge in [0.15, 0.2) is 0 Å². The Bertz CT molecular complexity index is 308. The van der Waals surface area contributed by atoms with E-state index in [9.17, 15) is 4.79 Å². The van der Waals surface area contributed by atoms with Gasteiger partial charge >= 0.3 is 5.97 Å². The number of carboxylic acid groups (broad SMARTS) is 1. The van der Waals surface area contributed by atoms with Crippen LogP contribution in [0.2, 0.25) is 0 Å². The maximum absolute atomic E-state index is 10.4. The molecule has 1 atom stereocenters. The maximum Gasteiger partial charge on any atom is 0.307 e. The largest absolute Gasteiger partial charge is 0.481 e. The highest BCUT2D eigenvalue weighted by atomic mass is 16.4. The molecule has 0 aliphatic carbocycles. The number of rotatable bonds is 4. The van der Waals surface area contributed by atoms with E-state index in [4.69, 9.17) is 15.9 Å². The van der Waals surface area contributed by atoms with Crippen molar-refractivity contribution in [3.8, 4) is 0 Å². The van der Waals surface area contributed by atoms with E-state index in [0.717, 1.165) is 11.1 Å². The summed E-state index contributed by atoms with van der Waals surface area (Å²) in [4.78, 5) is 10.4. The van der Waals surface area contributed by atoms with Crippen LogP contribution < -0.4 is 5.73 Å². The second-order valence-corrected chi connectivity index (χ2v) is 3.10. The van der Waals surface area contributed by atoms with E-state index < -0.39 is 12.0 Å². The predicted molar refractivity (Wildman–Crippen MR) is 51.8 cm³/mol. The average Bonchev–Trinajstić information content (AvgIpc) is 2.17. The Kier molecular flexibility index (Phi) is 3.62. The van der Waals surface area contributed by atoms with Gasteiger partial charge < -0.3 is 15.9 Å². The first-order valence-electron chi connectivity index (χ1n) is 4.30. The van der Waals surface area contributed by atoms with E-state index >= 15 is 0 Å². The minimum atomic E-state index is -0.857. The Balaban J connectivity index is 2.73. The van der Waals surface area contributed by atoms with Gasteiger partial charge in [0.05, 0.1) is 19.1 Å². The van der Waals surface area contributed by atoms with Crippen LogP contribution in [0.25, 0.3) is 0 Å². The fraction of sp³-hybridized carbons (Fsp3) is 0.300. The normalized spacial score (nSPS) is 12.4. The summed E-state index contributed by atoms with van der Waals surface area (Å²) in [5, 5.41) is 17.3. The van der Waals surface area contributed by atoms with Crippen molar-refractivity contribution < 1.29 is 15.0 Å². The number of hydrogen-bond acceptors (Lipinski definition) is 3. The number of hydrogen-bond donors (Lipinski definition) is 3. The van der Waals surface area contributed by atoms with Crippen LogP contribution in [0.3, 0.4) is 0 Å². The molecular formula is C10H13NO3. The Morgan fingerprint density at radius 3 is 2.36 bits per heavy atom. The molecule has 0 heterocycles. The summed E-state index contributed by atoms with van der Waals surface area (Å²) < 4.78 is 0. The Hall–Kier alpha value is -1.39. The molecule has 0 radical (unpaired) electrons. The van der Waals surface area contributed by atoms with Crippen molar-refractivity contribution in [3.63, 3.8) is 0 Å². The zero-order chi connectivity index (χ0) is 10.6. The van der Waals surface area contributed by atoms with Crippen LogP contribution in [0.1, 0.15) is 17.2 Å². The van der Waals surface area contributed by atoms with Gasteiger partial charge in [-0.3, -0.25) is 4.79 Å². The lowest BCUT2D eigenvalue weighted by atomic mass is 10.0. The van der Waals surface area contributed by atoms with Crippen LogP contribution in [-0.4, -0.2) is 22.8 Å². The van der Waals surface area contributed by atoms with Crippen LogP contribution >= 0.6 is 0 Å². The first-order chi connectivity index (χ1) is 6.63. The monoisotopic (exact) mass is 195 g/mol. The van der Waals surface area contributed by atoms with Crippen molar-refractivity contribution in [1.29, 1.82) is 0 Å². The summed E-state index contributed by atoms with van der Waals surface area (Å²) in [6.45, 7) is -0.113. The summed E-state index contributed by atoms with van der Waals surface area (Å²) in [5.74, 6) is -0.857. The van der Waals surface area contributed by atoms with Gasteiger partial charge in [0.1, 0.15) is 0 Å². The minimum absolute atomic E-state index is 0.00857. The van der Waals surface area contributed by atoms with E-state index in [-0.39, 0.29) is 13.0 Å². The molecule has 1 rings (SSSR count). The third kappa shape index (κ3) is 2.83. The molecule has 76 valence electrons. The molecular weight excluding hydrogens is 182 g/mol. The van der Waals surface area contributed by atoms with Gasteiger partial charge in [-0.05, 0) is 11.1 Å². The molecule has 0 bridgehead atoms. The van der Waals surface area contributed by atoms with Gasteiger partial charge in [0, 0.05) is 0 Å². The lowest BCUT2D eigenvalue weighted by Crippen LogP contribution is -2.14. The van der Waals surface area contributed by atoms with Crippen molar-refractivity contribution in [3.05, 3.63) is 35.4 Å². The molecule has 4 nitrogen and oxygen atoms in total. The zero-order valence-corrected chi connectivity index (χ0v) is 7.68. The number of carboxylic acids is 1. The zero-order valence-electron chi connectivity index (χ0n) is 7.68. The lowest BCUT2D eigenvalue weighted by molar-refractivity contribution is -0.136. The topological polar surface area (TPSA) is 83.5 Å². The number of benzene rings is 1. The van der Waals surface area contributed by atoms with E-state index in [2.05, 4.69) is 0 Å². The number of carbonyl (C=O) groups is 1. The quantitative estimate of drug-likeness (QED) is 0.645. The molecule has 1 aromatic rings. The van der Waals surface area contributed by atoms with E-state index in [0.29, 0.717) is 0 Å².